The normalized spacial score (nSPS) is 10.7. The number of halogens is 1. The van der Waals surface area contributed by atoms with Crippen LogP contribution < -0.4 is 10.1 Å². The first-order chi connectivity index (χ1) is 14.3. The molecule has 0 atom stereocenters. The topological polar surface area (TPSA) is 89.6 Å². The van der Waals surface area contributed by atoms with E-state index in [0.29, 0.717) is 34.5 Å². The minimum Gasteiger partial charge on any atom is -0.484 e. The van der Waals surface area contributed by atoms with E-state index in [2.05, 4.69) is 10.4 Å². The summed E-state index contributed by atoms with van der Waals surface area (Å²) in [6.07, 6.45) is 1.45. The van der Waals surface area contributed by atoms with Crippen molar-refractivity contribution >= 4 is 29.1 Å². The Morgan fingerprint density at radius 2 is 2.03 bits per heavy atom. The van der Waals surface area contributed by atoms with Crippen molar-refractivity contribution in [1.29, 1.82) is 0 Å². The zero-order valence-electron chi connectivity index (χ0n) is 17.2. The fourth-order valence-electron chi connectivity index (χ4n) is 2.86. The van der Waals surface area contributed by atoms with E-state index < -0.39 is 5.91 Å². The van der Waals surface area contributed by atoms with Crippen LogP contribution in [-0.4, -0.2) is 40.6 Å². The second-order valence-corrected chi connectivity index (χ2v) is 7.22. The number of para-hydroxylation sites is 1. The molecule has 158 valence electrons. The molecule has 30 heavy (non-hydrogen) atoms. The third-order valence-corrected chi connectivity index (χ3v) is 4.70. The lowest BCUT2D eigenvalue weighted by molar-refractivity contribution is 0.0816. The van der Waals surface area contributed by atoms with E-state index in [0.717, 1.165) is 5.56 Å². The number of aryl methyl sites for hydroxylation is 2. The Hall–Kier alpha value is -3.26. The molecule has 0 spiro atoms. The minimum atomic E-state index is -0.487. The average Bonchev–Trinajstić information content (AvgIpc) is 3.34. The van der Waals surface area contributed by atoms with Crippen LogP contribution in [0.15, 0.2) is 40.9 Å². The predicted molar refractivity (Wildman–Crippen MR) is 113 cm³/mol. The van der Waals surface area contributed by atoms with Gasteiger partial charge in [0.15, 0.2) is 5.76 Å². The molecule has 0 aliphatic heterocycles. The first-order valence-electron chi connectivity index (χ1n) is 9.37. The molecule has 1 N–H and O–H groups in total. The van der Waals surface area contributed by atoms with Gasteiger partial charge < -0.3 is 19.4 Å². The van der Waals surface area contributed by atoms with Crippen LogP contribution in [0.5, 0.6) is 5.75 Å². The summed E-state index contributed by atoms with van der Waals surface area (Å²) >= 11 is 6.16. The fourth-order valence-corrected chi connectivity index (χ4v) is 3.13. The molecular weight excluding hydrogens is 408 g/mol. The molecule has 0 aliphatic rings. The molecule has 0 radical (unpaired) electrons. The van der Waals surface area contributed by atoms with Gasteiger partial charge in [-0.1, -0.05) is 23.7 Å². The van der Waals surface area contributed by atoms with Gasteiger partial charge in [-0.25, -0.2) is 0 Å². The molecular formula is C21H23ClN4O4. The second-order valence-electron chi connectivity index (χ2n) is 6.82. The smallest absolute Gasteiger partial charge is 0.291 e. The number of nitrogens with one attached hydrogen (secondary N) is 1. The lowest BCUT2D eigenvalue weighted by Crippen LogP contribution is -2.26. The maximum atomic E-state index is 12.6. The SMILES string of the molecule is CCn1ncc(NC(=O)c2ccc(COc3c(C)cccc3Cl)o2)c1C(=O)N(C)C. The maximum absolute atomic E-state index is 12.6. The van der Waals surface area contributed by atoms with Crippen LogP contribution in [0.3, 0.4) is 0 Å². The van der Waals surface area contributed by atoms with Crippen molar-refractivity contribution in [3.05, 3.63) is 64.3 Å². The first-order valence-corrected chi connectivity index (χ1v) is 9.75. The lowest BCUT2D eigenvalue weighted by Gasteiger charge is -2.13. The van der Waals surface area contributed by atoms with Gasteiger partial charge in [-0.15, -0.1) is 0 Å². The number of hydrogen-bond acceptors (Lipinski definition) is 5. The summed E-state index contributed by atoms with van der Waals surface area (Å²) in [6, 6.07) is 8.68. The van der Waals surface area contributed by atoms with E-state index >= 15 is 0 Å². The van der Waals surface area contributed by atoms with E-state index in [4.69, 9.17) is 20.8 Å². The van der Waals surface area contributed by atoms with Gasteiger partial charge in [-0.3, -0.25) is 14.3 Å². The van der Waals surface area contributed by atoms with E-state index in [1.807, 2.05) is 26.0 Å². The van der Waals surface area contributed by atoms with Crippen molar-refractivity contribution in [2.45, 2.75) is 27.0 Å². The molecule has 0 bridgehead atoms. The standard InChI is InChI=1S/C21H23ClN4O4/c1-5-26-18(21(28)25(3)4)16(11-23-26)24-20(27)17-10-9-14(30-17)12-29-19-13(2)7-6-8-15(19)22/h6-11H,5,12H2,1-4H3,(H,24,27). The number of carbonyl (C=O) groups is 2. The van der Waals surface area contributed by atoms with Crippen LogP contribution in [0, 0.1) is 6.92 Å². The van der Waals surface area contributed by atoms with Crippen LogP contribution >= 0.6 is 11.6 Å². The number of benzene rings is 1. The number of nitrogens with zero attached hydrogens (tertiary/aromatic N) is 3. The molecule has 3 aromatic rings. The van der Waals surface area contributed by atoms with Gasteiger partial charge in [0.1, 0.15) is 23.8 Å². The highest BCUT2D eigenvalue weighted by Crippen LogP contribution is 2.29. The highest BCUT2D eigenvalue weighted by atomic mass is 35.5. The van der Waals surface area contributed by atoms with Crippen molar-refractivity contribution < 1.29 is 18.7 Å². The molecule has 8 nitrogen and oxygen atoms in total. The summed E-state index contributed by atoms with van der Waals surface area (Å²) < 4.78 is 12.9. The summed E-state index contributed by atoms with van der Waals surface area (Å²) in [5.41, 5.74) is 1.53. The van der Waals surface area contributed by atoms with Crippen LogP contribution in [0.25, 0.3) is 0 Å². The average molecular weight is 431 g/mol. The number of furan rings is 1. The predicted octanol–water partition coefficient (Wildman–Crippen LogP) is 3.99. The molecule has 0 saturated heterocycles. The van der Waals surface area contributed by atoms with Gasteiger partial charge in [-0.05, 0) is 37.6 Å². The third kappa shape index (κ3) is 4.49. The highest BCUT2D eigenvalue weighted by molar-refractivity contribution is 6.32. The molecule has 3 rings (SSSR count). The van der Waals surface area contributed by atoms with Crippen LogP contribution in [-0.2, 0) is 13.2 Å². The summed E-state index contributed by atoms with van der Waals surface area (Å²) in [5, 5.41) is 7.36. The van der Waals surface area contributed by atoms with Gasteiger partial charge in [0.2, 0.25) is 0 Å². The van der Waals surface area contributed by atoms with Crippen LogP contribution in [0.1, 0.15) is 39.3 Å². The number of ether oxygens (including phenoxy) is 1. The molecule has 0 fully saturated rings. The van der Waals surface area contributed by atoms with Gasteiger partial charge in [0.25, 0.3) is 11.8 Å². The van der Waals surface area contributed by atoms with Gasteiger partial charge >= 0.3 is 0 Å². The molecule has 2 aromatic heterocycles. The Morgan fingerprint density at radius 1 is 1.27 bits per heavy atom. The van der Waals surface area contributed by atoms with E-state index in [1.54, 1.807) is 32.3 Å². The Bertz CT molecular complexity index is 1050. The summed E-state index contributed by atoms with van der Waals surface area (Å²) in [6.45, 7) is 4.38. The van der Waals surface area contributed by atoms with E-state index in [-0.39, 0.29) is 18.3 Å². The lowest BCUT2D eigenvalue weighted by atomic mass is 10.2. The molecule has 0 unspecified atom stereocenters. The van der Waals surface area contributed by atoms with Crippen molar-refractivity contribution in [1.82, 2.24) is 14.7 Å². The Morgan fingerprint density at radius 3 is 2.70 bits per heavy atom. The number of anilines is 1. The molecule has 2 heterocycles. The zero-order valence-corrected chi connectivity index (χ0v) is 18.0. The zero-order chi connectivity index (χ0) is 21.8. The highest BCUT2D eigenvalue weighted by Gasteiger charge is 2.22. The fraction of sp³-hybridized carbons (Fsp3) is 0.286. The van der Waals surface area contributed by atoms with Crippen molar-refractivity contribution in [2.24, 2.45) is 0 Å². The van der Waals surface area contributed by atoms with Crippen molar-refractivity contribution in [3.8, 4) is 5.75 Å². The molecule has 2 amide bonds. The quantitative estimate of drug-likeness (QED) is 0.612. The van der Waals surface area contributed by atoms with Gasteiger partial charge in [0, 0.05) is 20.6 Å². The summed E-state index contributed by atoms with van der Waals surface area (Å²) in [4.78, 5) is 26.5. The van der Waals surface area contributed by atoms with Crippen molar-refractivity contribution in [3.63, 3.8) is 0 Å². The van der Waals surface area contributed by atoms with E-state index in [9.17, 15) is 9.59 Å². The Balaban J connectivity index is 1.72. The minimum absolute atomic E-state index is 0.0944. The summed E-state index contributed by atoms with van der Waals surface area (Å²) in [7, 11) is 3.28. The third-order valence-electron chi connectivity index (χ3n) is 4.40. The second kappa shape index (κ2) is 9.04. The van der Waals surface area contributed by atoms with Crippen molar-refractivity contribution in [2.75, 3.05) is 19.4 Å². The molecule has 0 aliphatic carbocycles. The van der Waals surface area contributed by atoms with Gasteiger partial charge in [0.05, 0.1) is 16.9 Å². The monoisotopic (exact) mass is 430 g/mol. The molecule has 0 saturated carbocycles. The van der Waals surface area contributed by atoms with Crippen LogP contribution in [0.2, 0.25) is 5.02 Å². The first kappa shape index (κ1) is 21.4. The number of hydrogen-bond donors (Lipinski definition) is 1. The van der Waals surface area contributed by atoms with Crippen LogP contribution in [0.4, 0.5) is 5.69 Å². The molecule has 1 aromatic carbocycles. The Kier molecular flexibility index (Phi) is 6.47. The Labute approximate surface area is 179 Å². The number of amides is 2. The number of rotatable bonds is 7. The summed E-state index contributed by atoms with van der Waals surface area (Å²) in [5.74, 6) is 0.387. The van der Waals surface area contributed by atoms with Gasteiger partial charge in [-0.2, -0.15) is 5.10 Å². The van der Waals surface area contributed by atoms with E-state index in [1.165, 1.54) is 15.8 Å². The maximum Gasteiger partial charge on any atom is 0.291 e. The number of aromatic nitrogens is 2. The number of carbonyl (C=O) groups excluding carboxylic acids is 2. The molecule has 9 heteroatoms. The largest absolute Gasteiger partial charge is 0.484 e.